The highest BCUT2D eigenvalue weighted by molar-refractivity contribution is 7.91. The van der Waals surface area contributed by atoms with Crippen LogP contribution in [0.4, 0.5) is 5.69 Å². The topological polar surface area (TPSA) is 70.0 Å². The number of benzene rings is 2. The molecule has 0 atom stereocenters. The second kappa shape index (κ2) is 7.17. The van der Waals surface area contributed by atoms with Crippen molar-refractivity contribution in [3.63, 3.8) is 0 Å². The van der Waals surface area contributed by atoms with E-state index in [0.29, 0.717) is 32.1 Å². The highest BCUT2D eigenvalue weighted by atomic mass is 32.2. The minimum absolute atomic E-state index is 0.237. The molecule has 0 aliphatic carbocycles. The van der Waals surface area contributed by atoms with Crippen LogP contribution in [0.2, 0.25) is 0 Å². The van der Waals surface area contributed by atoms with Crippen molar-refractivity contribution in [3.05, 3.63) is 54.7 Å². The van der Waals surface area contributed by atoms with Crippen molar-refractivity contribution in [1.82, 2.24) is 0 Å². The van der Waals surface area contributed by atoms with Gasteiger partial charge in [0.25, 0.3) is 0 Å². The molecule has 1 aromatic heterocycles. The molecule has 0 amide bonds. The van der Waals surface area contributed by atoms with Crippen LogP contribution in [0, 0.1) is 0 Å². The summed E-state index contributed by atoms with van der Waals surface area (Å²) >= 11 is 0. The van der Waals surface area contributed by atoms with Crippen LogP contribution >= 0.6 is 0 Å². The third-order valence-electron chi connectivity index (χ3n) is 4.76. The molecule has 7 heteroatoms. The molecule has 6 nitrogen and oxygen atoms in total. The normalized spacial score (nSPS) is 15.1. The monoisotopic (exact) mass is 385 g/mol. The lowest BCUT2D eigenvalue weighted by atomic mass is 10.1. The van der Waals surface area contributed by atoms with Crippen molar-refractivity contribution in [3.8, 4) is 5.75 Å². The first kappa shape index (κ1) is 17.8. The van der Waals surface area contributed by atoms with E-state index in [-0.39, 0.29) is 9.79 Å². The Morgan fingerprint density at radius 1 is 1.04 bits per heavy atom. The summed E-state index contributed by atoms with van der Waals surface area (Å²) in [6, 6.07) is 14.2. The maximum Gasteiger partial charge on any atom is 0.214 e. The number of fused-ring (bicyclic) bond motifs is 1. The summed E-state index contributed by atoms with van der Waals surface area (Å²) in [5.74, 6) is 0.618. The van der Waals surface area contributed by atoms with Gasteiger partial charge in [-0.2, -0.15) is 0 Å². The summed E-state index contributed by atoms with van der Waals surface area (Å²) in [5, 5.41) is 0.883. The maximum absolute atomic E-state index is 13.4. The largest absolute Gasteiger partial charge is 0.497 e. The number of H-pyrrole nitrogens is 1. The van der Waals surface area contributed by atoms with E-state index in [1.54, 1.807) is 37.6 Å². The zero-order chi connectivity index (χ0) is 18.9. The summed E-state index contributed by atoms with van der Waals surface area (Å²) < 4.78 is 37.4. The van der Waals surface area contributed by atoms with E-state index in [0.717, 1.165) is 16.6 Å². The molecule has 1 fully saturated rings. The van der Waals surface area contributed by atoms with E-state index in [4.69, 9.17) is 9.47 Å². The first-order valence-electron chi connectivity index (χ1n) is 8.76. The van der Waals surface area contributed by atoms with Gasteiger partial charge < -0.3 is 14.4 Å². The van der Waals surface area contributed by atoms with Gasteiger partial charge in [0.05, 0.1) is 36.3 Å². The van der Waals surface area contributed by atoms with Crippen LogP contribution in [0.15, 0.2) is 64.5 Å². The number of sulfone groups is 1. The Morgan fingerprint density at radius 3 is 2.44 bits per heavy atom. The molecule has 2 aromatic carbocycles. The van der Waals surface area contributed by atoms with Gasteiger partial charge in [-0.05, 0) is 30.3 Å². The molecule has 140 valence electrons. The number of morpholine rings is 1. The summed E-state index contributed by atoms with van der Waals surface area (Å²) in [4.78, 5) is 5.74. The molecule has 0 radical (unpaired) electrons. The Morgan fingerprint density at radius 2 is 1.74 bits per heavy atom. The van der Waals surface area contributed by atoms with E-state index < -0.39 is 9.84 Å². The van der Waals surface area contributed by atoms with Crippen LogP contribution in [0.25, 0.3) is 10.9 Å². The van der Waals surface area contributed by atoms with Crippen LogP contribution in [0.3, 0.4) is 0 Å². The van der Waals surface area contributed by atoms with Crippen LogP contribution in [0.1, 0.15) is 0 Å². The molecule has 0 spiro atoms. The quantitative estimate of drug-likeness (QED) is 0.689. The average Bonchev–Trinajstić information content (AvgIpc) is 2.73. The third-order valence-corrected chi connectivity index (χ3v) is 6.54. The average molecular weight is 385 g/mol. The van der Waals surface area contributed by atoms with E-state index in [9.17, 15) is 8.42 Å². The van der Waals surface area contributed by atoms with E-state index in [1.165, 1.54) is 0 Å². The standard InChI is InChI=1S/C20H20N2O4S/c1-25-15-6-8-16(9-7-15)27(23,24)19-14-21-18-5-3-2-4-17(18)20(19)22-10-12-26-13-11-22/h2-9,14H,10-13H2,1H3/p+1. The van der Waals surface area contributed by atoms with Crippen molar-refractivity contribution >= 4 is 26.4 Å². The van der Waals surface area contributed by atoms with Gasteiger partial charge in [0.15, 0.2) is 11.1 Å². The molecule has 4 rings (SSSR count). The first-order valence-corrected chi connectivity index (χ1v) is 10.2. The molecule has 0 bridgehead atoms. The SMILES string of the molecule is COc1ccc(S(=O)(=O)c2c[nH+]c3ccccc3c2N2CCOCC2)cc1. The number of nitrogens with zero attached hydrogens (tertiary/aromatic N) is 1. The fraction of sp³-hybridized carbons (Fsp3) is 0.250. The summed E-state index contributed by atoms with van der Waals surface area (Å²) in [7, 11) is -2.15. The van der Waals surface area contributed by atoms with E-state index in [2.05, 4.69) is 9.88 Å². The molecule has 2 heterocycles. The summed E-state index contributed by atoms with van der Waals surface area (Å²) in [5.41, 5.74) is 1.62. The van der Waals surface area contributed by atoms with Gasteiger partial charge in [-0.3, -0.25) is 0 Å². The highest BCUT2D eigenvalue weighted by Crippen LogP contribution is 2.35. The third kappa shape index (κ3) is 3.24. The zero-order valence-corrected chi connectivity index (χ0v) is 15.8. The van der Waals surface area contributed by atoms with Crippen molar-refractivity contribution < 1.29 is 22.9 Å². The molecule has 1 N–H and O–H groups in total. The predicted octanol–water partition coefficient (Wildman–Crippen LogP) is 2.33. The summed E-state index contributed by atoms with van der Waals surface area (Å²) in [6.45, 7) is 2.46. The highest BCUT2D eigenvalue weighted by Gasteiger charge is 2.30. The van der Waals surface area contributed by atoms with Crippen molar-refractivity contribution in [2.45, 2.75) is 9.79 Å². The van der Waals surface area contributed by atoms with Gasteiger partial charge in [-0.15, -0.1) is 0 Å². The summed E-state index contributed by atoms with van der Waals surface area (Å²) in [6.07, 6.45) is 1.59. The number of nitrogens with one attached hydrogen (secondary N) is 1. The minimum atomic E-state index is -3.70. The number of methoxy groups -OCH3 is 1. The van der Waals surface area contributed by atoms with Crippen molar-refractivity contribution in [2.75, 3.05) is 38.3 Å². The van der Waals surface area contributed by atoms with Gasteiger partial charge in [0.2, 0.25) is 15.4 Å². The molecule has 0 saturated carbocycles. The van der Waals surface area contributed by atoms with Crippen LogP contribution in [0.5, 0.6) is 5.75 Å². The smallest absolute Gasteiger partial charge is 0.214 e. The Balaban J connectivity index is 1.91. The van der Waals surface area contributed by atoms with Crippen molar-refractivity contribution in [1.29, 1.82) is 0 Å². The molecule has 0 unspecified atom stereocenters. The number of aromatic nitrogens is 1. The Hall–Kier alpha value is -2.64. The lowest BCUT2D eigenvalue weighted by Gasteiger charge is -2.30. The number of pyridine rings is 1. The maximum atomic E-state index is 13.4. The number of hydrogen-bond donors (Lipinski definition) is 0. The molecule has 27 heavy (non-hydrogen) atoms. The molecular weight excluding hydrogens is 364 g/mol. The Labute approximate surface area is 158 Å². The minimum Gasteiger partial charge on any atom is -0.497 e. The Kier molecular flexibility index (Phi) is 4.72. The number of para-hydroxylation sites is 1. The molecule has 1 saturated heterocycles. The number of ether oxygens (including phenoxy) is 2. The number of rotatable bonds is 4. The second-order valence-electron chi connectivity index (χ2n) is 6.33. The van der Waals surface area contributed by atoms with Gasteiger partial charge in [0.1, 0.15) is 5.75 Å². The zero-order valence-electron chi connectivity index (χ0n) is 15.0. The number of aromatic amines is 1. The van der Waals surface area contributed by atoms with E-state index >= 15 is 0 Å². The predicted molar refractivity (Wildman–Crippen MR) is 102 cm³/mol. The molecule has 3 aromatic rings. The molecular formula is C20H21N2O4S+. The van der Waals surface area contributed by atoms with E-state index in [1.807, 2.05) is 24.3 Å². The van der Waals surface area contributed by atoms with Crippen molar-refractivity contribution in [2.24, 2.45) is 0 Å². The molecule has 1 aliphatic heterocycles. The Bertz CT molecular complexity index is 1060. The van der Waals surface area contributed by atoms with Gasteiger partial charge in [0, 0.05) is 19.2 Å². The number of hydrogen-bond acceptors (Lipinski definition) is 5. The second-order valence-corrected chi connectivity index (χ2v) is 8.24. The van der Waals surface area contributed by atoms with Crippen LogP contribution < -0.4 is 14.6 Å². The lowest BCUT2D eigenvalue weighted by Crippen LogP contribution is -2.37. The lowest BCUT2D eigenvalue weighted by molar-refractivity contribution is -0.347. The first-order chi connectivity index (χ1) is 13.1. The fourth-order valence-electron chi connectivity index (χ4n) is 3.36. The molecule has 1 aliphatic rings. The van der Waals surface area contributed by atoms with Gasteiger partial charge in [-0.25, -0.2) is 13.4 Å². The van der Waals surface area contributed by atoms with Gasteiger partial charge >= 0.3 is 0 Å². The van der Waals surface area contributed by atoms with Crippen LogP contribution in [-0.4, -0.2) is 41.8 Å². The van der Waals surface area contributed by atoms with Gasteiger partial charge in [-0.1, -0.05) is 12.1 Å². The fourth-order valence-corrected chi connectivity index (χ4v) is 4.82. The number of anilines is 1. The van der Waals surface area contributed by atoms with Crippen LogP contribution in [-0.2, 0) is 14.6 Å².